The Labute approximate surface area is 666 Å². The van der Waals surface area contributed by atoms with Crippen molar-refractivity contribution in [1.82, 2.24) is 0 Å². The van der Waals surface area contributed by atoms with Gasteiger partial charge in [0.1, 0.15) is 19.3 Å². The summed E-state index contributed by atoms with van der Waals surface area (Å²) in [5.74, 6) is -2.29. The molecule has 0 aliphatic heterocycles. The molecule has 0 fully saturated rings. The van der Waals surface area contributed by atoms with Gasteiger partial charge in [-0.1, -0.05) is 306 Å². The highest BCUT2D eigenvalue weighted by molar-refractivity contribution is 7.47. The number of allylic oxidation sites excluding steroid dienone is 30. The quantitative estimate of drug-likeness (QED) is 0.0169. The normalized spacial score (nSPS) is 14.7. The Kier molecular flexibility index (Phi) is 76.9. The minimum absolute atomic E-state index is 0.0407. The smallest absolute Gasteiger partial charge is 0.462 e. The maximum Gasteiger partial charge on any atom is 0.472 e. The topological polar surface area (TPSA) is 237 Å². The van der Waals surface area contributed by atoms with Gasteiger partial charge in [0, 0.05) is 25.7 Å². The second kappa shape index (κ2) is 81.2. The molecule has 0 heterocycles. The van der Waals surface area contributed by atoms with Crippen molar-refractivity contribution in [3.05, 3.63) is 182 Å². The Morgan fingerprint density at radius 1 is 0.264 bits per heavy atom. The predicted octanol–water partition coefficient (Wildman–Crippen LogP) is 25.1. The molecule has 0 radical (unpaired) electrons. The number of rotatable bonds is 77. The van der Waals surface area contributed by atoms with E-state index in [-0.39, 0.29) is 25.7 Å². The van der Waals surface area contributed by atoms with Gasteiger partial charge >= 0.3 is 39.5 Å². The zero-order chi connectivity index (χ0) is 80.3. The van der Waals surface area contributed by atoms with Gasteiger partial charge in [0.2, 0.25) is 0 Å². The Hall–Kier alpha value is -5.84. The van der Waals surface area contributed by atoms with Crippen molar-refractivity contribution in [3.63, 3.8) is 0 Å². The van der Waals surface area contributed by atoms with Gasteiger partial charge in [-0.05, 0) is 161 Å². The molecule has 0 saturated carbocycles. The lowest BCUT2D eigenvalue weighted by atomic mass is 10.0. The number of hydrogen-bond acceptors (Lipinski definition) is 15. The van der Waals surface area contributed by atoms with Gasteiger partial charge in [-0.25, -0.2) is 9.13 Å². The Morgan fingerprint density at radius 3 is 0.727 bits per heavy atom. The first-order chi connectivity index (χ1) is 53.7. The Balaban J connectivity index is 5.48. The predicted molar refractivity (Wildman–Crippen MR) is 454 cm³/mol. The lowest BCUT2D eigenvalue weighted by molar-refractivity contribution is -0.161. The van der Waals surface area contributed by atoms with Gasteiger partial charge in [0.05, 0.1) is 26.4 Å². The van der Waals surface area contributed by atoms with E-state index in [1.54, 1.807) is 0 Å². The molecule has 110 heavy (non-hydrogen) atoms. The molecule has 0 bridgehead atoms. The molecule has 0 aromatic heterocycles. The lowest BCUT2D eigenvalue weighted by Gasteiger charge is -2.21. The van der Waals surface area contributed by atoms with E-state index in [1.165, 1.54) is 51.4 Å². The van der Waals surface area contributed by atoms with Gasteiger partial charge in [-0.2, -0.15) is 0 Å². The zero-order valence-electron chi connectivity index (χ0n) is 68.4. The van der Waals surface area contributed by atoms with E-state index in [2.05, 4.69) is 210 Å². The summed E-state index contributed by atoms with van der Waals surface area (Å²) in [5, 5.41) is 10.7. The number of esters is 4. The number of ether oxygens (including phenoxy) is 4. The molecule has 5 atom stereocenters. The van der Waals surface area contributed by atoms with Crippen molar-refractivity contribution in [2.45, 2.75) is 329 Å². The van der Waals surface area contributed by atoms with Crippen LogP contribution in [0.1, 0.15) is 310 Å². The third kappa shape index (κ3) is 80.2. The van der Waals surface area contributed by atoms with Gasteiger partial charge in [-0.15, -0.1) is 0 Å². The average molecular weight is 1580 g/mol. The summed E-state index contributed by atoms with van der Waals surface area (Å²) < 4.78 is 68.7. The molecule has 2 unspecified atom stereocenters. The summed E-state index contributed by atoms with van der Waals surface area (Å²) in [6.07, 6.45) is 98.6. The molecule has 0 aliphatic carbocycles. The van der Waals surface area contributed by atoms with Crippen LogP contribution < -0.4 is 0 Å². The standard InChI is InChI=1S/C91H148O17P2/c1-5-9-13-17-21-25-29-33-36-39-42-45-48-52-55-59-63-67-71-75-88(93)101-81-86(107-90(95)77-73-69-65-61-57-51-32-28-24-20-16-12-8-4)83-105-109(97,98)103-79-85(92)80-104-110(99,100)106-84-87(108-91(96)78-74-70-66-62-58-54-50-47-44-41-38-35-31-27-23-19-15-11-7-3)82-102-89(94)76-72-68-64-60-56-53-49-46-43-40-37-34-30-26-22-18-14-10-6-2/h9-11,13-15,21-23,25-27,33-38,42-47,52-56,58,85-87,92H,5-8,12,16-20,24,28-32,39-41,48-51,57,59-84H2,1-4H3,(H,97,98)(H,99,100)/b13-9-,14-10-,15-11-,25-21-,26-22-,27-23-,36-33-,37-34-,38-35-,45-42-,46-43-,47-44-,55-52-,56-53-,58-54-/t85-,86+,87+/m0/s1. The third-order valence-corrected chi connectivity index (χ3v) is 18.8. The monoisotopic (exact) mass is 1580 g/mol. The van der Waals surface area contributed by atoms with Crippen LogP contribution in [-0.2, 0) is 65.4 Å². The van der Waals surface area contributed by atoms with Crippen LogP contribution in [0.3, 0.4) is 0 Å². The number of carbonyl (C=O) groups is 4. The summed E-state index contributed by atoms with van der Waals surface area (Å²) in [5.41, 5.74) is 0. The van der Waals surface area contributed by atoms with Gasteiger partial charge in [0.15, 0.2) is 12.2 Å². The van der Waals surface area contributed by atoms with Crippen molar-refractivity contribution < 1.29 is 80.2 Å². The maximum atomic E-state index is 13.1. The molecule has 19 heteroatoms. The number of unbranched alkanes of at least 4 members (excludes halogenated alkanes) is 21. The molecule has 0 rings (SSSR count). The highest BCUT2D eigenvalue weighted by atomic mass is 31.2. The summed E-state index contributed by atoms with van der Waals surface area (Å²) >= 11 is 0. The van der Waals surface area contributed by atoms with Crippen molar-refractivity contribution >= 4 is 39.5 Å². The van der Waals surface area contributed by atoms with Crippen LogP contribution in [0.25, 0.3) is 0 Å². The molecule has 0 spiro atoms. The van der Waals surface area contributed by atoms with Crippen LogP contribution in [0, 0.1) is 0 Å². The second-order valence-electron chi connectivity index (χ2n) is 27.3. The molecule has 0 aromatic rings. The summed E-state index contributed by atoms with van der Waals surface area (Å²) in [6, 6.07) is 0. The third-order valence-electron chi connectivity index (χ3n) is 16.9. The van der Waals surface area contributed by atoms with E-state index < -0.39 is 97.5 Å². The van der Waals surface area contributed by atoms with Gasteiger partial charge in [-0.3, -0.25) is 37.3 Å². The molecular weight excluding hydrogens is 1430 g/mol. The number of aliphatic hydroxyl groups is 1. The number of carbonyl (C=O) groups excluding carboxylic acids is 4. The summed E-state index contributed by atoms with van der Waals surface area (Å²) in [4.78, 5) is 73.2. The molecule has 17 nitrogen and oxygen atoms in total. The van der Waals surface area contributed by atoms with E-state index in [0.29, 0.717) is 25.7 Å². The van der Waals surface area contributed by atoms with Crippen LogP contribution in [0.15, 0.2) is 182 Å². The first-order valence-electron chi connectivity index (χ1n) is 42.0. The van der Waals surface area contributed by atoms with Crippen molar-refractivity contribution in [2.75, 3.05) is 39.6 Å². The number of phosphoric acid groups is 2. The van der Waals surface area contributed by atoms with E-state index in [9.17, 15) is 43.2 Å². The van der Waals surface area contributed by atoms with Crippen LogP contribution in [0.4, 0.5) is 0 Å². The fraction of sp³-hybridized carbons (Fsp3) is 0.626. The van der Waals surface area contributed by atoms with Crippen molar-refractivity contribution in [3.8, 4) is 0 Å². The molecule has 3 N–H and O–H groups in total. The van der Waals surface area contributed by atoms with Gasteiger partial charge in [0.25, 0.3) is 0 Å². The fourth-order valence-corrected chi connectivity index (χ4v) is 12.2. The number of phosphoric ester groups is 2. The molecule has 0 saturated heterocycles. The zero-order valence-corrected chi connectivity index (χ0v) is 70.1. The molecule has 624 valence electrons. The van der Waals surface area contributed by atoms with Crippen LogP contribution in [0.5, 0.6) is 0 Å². The number of hydrogen-bond donors (Lipinski definition) is 3. The fourth-order valence-electron chi connectivity index (χ4n) is 10.6. The molecule has 0 amide bonds. The summed E-state index contributed by atoms with van der Waals surface area (Å²) in [6.45, 7) is 4.42. The lowest BCUT2D eigenvalue weighted by Crippen LogP contribution is -2.30. The highest BCUT2D eigenvalue weighted by Crippen LogP contribution is 2.45. The second-order valence-corrected chi connectivity index (χ2v) is 30.2. The van der Waals surface area contributed by atoms with Crippen molar-refractivity contribution in [1.29, 1.82) is 0 Å². The minimum Gasteiger partial charge on any atom is -0.462 e. The van der Waals surface area contributed by atoms with Crippen LogP contribution in [-0.4, -0.2) is 96.7 Å². The highest BCUT2D eigenvalue weighted by Gasteiger charge is 2.30. The number of aliphatic hydroxyl groups excluding tert-OH is 1. The maximum absolute atomic E-state index is 13.1. The first kappa shape index (κ1) is 104. The van der Waals surface area contributed by atoms with E-state index >= 15 is 0 Å². The molecular formula is C91H148O17P2. The van der Waals surface area contributed by atoms with E-state index in [0.717, 1.165) is 180 Å². The largest absolute Gasteiger partial charge is 0.472 e. The average Bonchev–Trinajstić information content (AvgIpc) is 0.900. The first-order valence-corrected chi connectivity index (χ1v) is 45.0. The molecule has 0 aromatic carbocycles. The van der Waals surface area contributed by atoms with Gasteiger partial charge < -0.3 is 33.8 Å². The van der Waals surface area contributed by atoms with Crippen molar-refractivity contribution in [2.24, 2.45) is 0 Å². The van der Waals surface area contributed by atoms with Crippen LogP contribution in [0.2, 0.25) is 0 Å². The Bertz CT molecular complexity index is 2800. The Morgan fingerprint density at radius 2 is 0.473 bits per heavy atom. The molecule has 0 aliphatic rings. The van der Waals surface area contributed by atoms with Crippen LogP contribution >= 0.6 is 15.6 Å². The SMILES string of the molecule is CC/C=C\C/C=C\C/C=C\C/C=C\C/C=C\CCCCCC(=O)OC[C@H](COP(=O)(O)OC[C@@H](O)COP(=O)(O)OC[C@@H](COC(=O)CCCCC/C=C\C/C=C\C/C=C\C/C=C\C/C=C\CC)OC(=O)CCCCCCCCCCCCCCC)OC(=O)CCCCC/C=C\C/C=C\C/C=C\C/C=C\C/C=C\CC. The van der Waals surface area contributed by atoms with E-state index in [4.69, 9.17) is 37.0 Å². The minimum atomic E-state index is -5.01. The summed E-state index contributed by atoms with van der Waals surface area (Å²) in [7, 11) is -10.0. The van der Waals surface area contributed by atoms with E-state index in [1.807, 2.05) is 0 Å².